The summed E-state index contributed by atoms with van der Waals surface area (Å²) >= 11 is 6.40. The number of aryl methyl sites for hydroxylation is 1. The second-order valence-corrected chi connectivity index (χ2v) is 7.62. The summed E-state index contributed by atoms with van der Waals surface area (Å²) in [4.78, 5) is 2.58. The topological polar surface area (TPSA) is 15.3 Å². The van der Waals surface area contributed by atoms with Gasteiger partial charge in [-0.3, -0.25) is 4.90 Å². The maximum absolute atomic E-state index is 6.40. The second-order valence-electron chi connectivity index (χ2n) is 7.22. The van der Waals surface area contributed by atoms with Crippen molar-refractivity contribution in [3.63, 3.8) is 0 Å². The van der Waals surface area contributed by atoms with Gasteiger partial charge in [0.1, 0.15) is 0 Å². The molecule has 1 fully saturated rings. The summed E-state index contributed by atoms with van der Waals surface area (Å²) in [6, 6.07) is 7.46. The van der Waals surface area contributed by atoms with Gasteiger partial charge in [-0.1, -0.05) is 44.5 Å². The summed E-state index contributed by atoms with van der Waals surface area (Å²) in [6.45, 7) is 14.4. The predicted molar refractivity (Wildman–Crippen MR) is 87.3 cm³/mol. The molecule has 2 atom stereocenters. The van der Waals surface area contributed by atoms with Gasteiger partial charge in [0.2, 0.25) is 0 Å². The molecule has 0 aromatic heterocycles. The number of piperazine rings is 1. The van der Waals surface area contributed by atoms with Gasteiger partial charge < -0.3 is 5.32 Å². The van der Waals surface area contributed by atoms with E-state index >= 15 is 0 Å². The van der Waals surface area contributed by atoms with Gasteiger partial charge in [-0.15, -0.1) is 0 Å². The highest BCUT2D eigenvalue weighted by Crippen LogP contribution is 2.29. The Morgan fingerprint density at radius 1 is 1.35 bits per heavy atom. The summed E-state index contributed by atoms with van der Waals surface area (Å²) in [7, 11) is 0. The summed E-state index contributed by atoms with van der Waals surface area (Å²) in [5.74, 6) is 0. The number of hydrogen-bond acceptors (Lipinski definition) is 2. The normalized spacial score (nSPS) is 24.9. The molecule has 1 aliphatic heterocycles. The average Bonchev–Trinajstić information content (AvgIpc) is 2.31. The fraction of sp³-hybridized carbons (Fsp3) is 0.647. The van der Waals surface area contributed by atoms with E-state index in [1.807, 2.05) is 0 Å². The van der Waals surface area contributed by atoms with Crippen molar-refractivity contribution in [1.29, 1.82) is 0 Å². The molecule has 0 amide bonds. The molecule has 0 saturated carbocycles. The van der Waals surface area contributed by atoms with Crippen molar-refractivity contribution in [2.24, 2.45) is 5.41 Å². The van der Waals surface area contributed by atoms with Crippen molar-refractivity contribution in [2.75, 3.05) is 13.1 Å². The molecular formula is C17H27ClN2. The molecule has 112 valence electrons. The molecule has 1 aromatic rings. The largest absolute Gasteiger partial charge is 0.311 e. The molecule has 0 aliphatic carbocycles. The Morgan fingerprint density at radius 3 is 2.65 bits per heavy atom. The monoisotopic (exact) mass is 294 g/mol. The minimum absolute atomic E-state index is 0.268. The molecule has 1 aliphatic rings. The number of nitrogens with zero attached hydrogens (tertiary/aromatic N) is 1. The van der Waals surface area contributed by atoms with Gasteiger partial charge in [-0.05, 0) is 36.5 Å². The molecule has 1 aromatic carbocycles. The Kier molecular flexibility index (Phi) is 4.78. The van der Waals surface area contributed by atoms with Crippen molar-refractivity contribution in [1.82, 2.24) is 10.2 Å². The Labute approximate surface area is 128 Å². The first-order valence-electron chi connectivity index (χ1n) is 7.50. The maximum atomic E-state index is 6.40. The Bertz CT molecular complexity index is 465. The van der Waals surface area contributed by atoms with Crippen LogP contribution in [0.15, 0.2) is 18.2 Å². The van der Waals surface area contributed by atoms with Crippen LogP contribution in [0.4, 0.5) is 0 Å². The molecule has 2 rings (SSSR count). The fourth-order valence-corrected chi connectivity index (χ4v) is 3.31. The zero-order valence-electron chi connectivity index (χ0n) is 13.3. The SMILES string of the molecule is Cc1ccc(CN2CC(C)NCC2C(C)(C)C)c(Cl)c1. The third-order valence-corrected chi connectivity index (χ3v) is 4.54. The van der Waals surface area contributed by atoms with Gasteiger partial charge in [-0.2, -0.15) is 0 Å². The van der Waals surface area contributed by atoms with Gasteiger partial charge in [0.05, 0.1) is 0 Å². The van der Waals surface area contributed by atoms with Gasteiger partial charge in [0, 0.05) is 36.7 Å². The van der Waals surface area contributed by atoms with Gasteiger partial charge >= 0.3 is 0 Å². The first-order valence-corrected chi connectivity index (χ1v) is 7.87. The smallest absolute Gasteiger partial charge is 0.0453 e. The summed E-state index contributed by atoms with van der Waals surface area (Å²) in [5, 5.41) is 4.50. The third-order valence-electron chi connectivity index (χ3n) is 4.19. The van der Waals surface area contributed by atoms with Gasteiger partial charge in [0.25, 0.3) is 0 Å². The van der Waals surface area contributed by atoms with Crippen molar-refractivity contribution in [3.05, 3.63) is 34.3 Å². The molecule has 1 saturated heterocycles. The predicted octanol–water partition coefficient (Wildman–Crippen LogP) is 3.86. The molecule has 2 unspecified atom stereocenters. The number of benzene rings is 1. The highest BCUT2D eigenvalue weighted by molar-refractivity contribution is 6.31. The maximum Gasteiger partial charge on any atom is 0.0453 e. The first-order chi connectivity index (χ1) is 9.27. The average molecular weight is 295 g/mol. The number of halogens is 1. The van der Waals surface area contributed by atoms with Crippen LogP contribution in [0.3, 0.4) is 0 Å². The van der Waals surface area contributed by atoms with E-state index in [9.17, 15) is 0 Å². The van der Waals surface area contributed by atoms with Gasteiger partial charge in [-0.25, -0.2) is 0 Å². The van der Waals surface area contributed by atoms with E-state index in [0.717, 1.165) is 24.7 Å². The van der Waals surface area contributed by atoms with Crippen LogP contribution in [-0.4, -0.2) is 30.1 Å². The van der Waals surface area contributed by atoms with Crippen LogP contribution in [0, 0.1) is 12.3 Å². The summed E-state index contributed by atoms with van der Waals surface area (Å²) < 4.78 is 0. The van der Waals surface area contributed by atoms with Crippen molar-refractivity contribution < 1.29 is 0 Å². The molecule has 0 spiro atoms. The minimum Gasteiger partial charge on any atom is -0.311 e. The van der Waals surface area contributed by atoms with Crippen LogP contribution in [0.25, 0.3) is 0 Å². The second kappa shape index (κ2) is 6.05. The van der Waals surface area contributed by atoms with E-state index in [-0.39, 0.29) is 5.41 Å². The van der Waals surface area contributed by atoms with E-state index in [1.54, 1.807) is 0 Å². The standard InChI is InChI=1S/C17H27ClN2/c1-12-6-7-14(15(18)8-12)11-20-10-13(2)19-9-16(20)17(3,4)5/h6-8,13,16,19H,9-11H2,1-5H3. The lowest BCUT2D eigenvalue weighted by Gasteiger charge is -2.46. The lowest BCUT2D eigenvalue weighted by atomic mass is 9.83. The zero-order chi connectivity index (χ0) is 14.9. The van der Waals surface area contributed by atoms with E-state index in [1.165, 1.54) is 11.1 Å². The van der Waals surface area contributed by atoms with E-state index in [2.05, 4.69) is 63.0 Å². The highest BCUT2D eigenvalue weighted by atomic mass is 35.5. The summed E-state index contributed by atoms with van der Waals surface area (Å²) in [6.07, 6.45) is 0. The molecule has 1 heterocycles. The first kappa shape index (κ1) is 15.8. The van der Waals surface area contributed by atoms with Crippen molar-refractivity contribution in [2.45, 2.75) is 53.2 Å². The van der Waals surface area contributed by atoms with E-state index in [4.69, 9.17) is 11.6 Å². The molecular weight excluding hydrogens is 268 g/mol. The number of nitrogens with one attached hydrogen (secondary N) is 1. The Balaban J connectivity index is 2.19. The third kappa shape index (κ3) is 3.75. The van der Waals surface area contributed by atoms with E-state index < -0.39 is 0 Å². The van der Waals surface area contributed by atoms with Crippen LogP contribution < -0.4 is 5.32 Å². The summed E-state index contributed by atoms with van der Waals surface area (Å²) in [5.41, 5.74) is 2.73. The minimum atomic E-state index is 0.268. The molecule has 1 N–H and O–H groups in total. The zero-order valence-corrected chi connectivity index (χ0v) is 14.1. The van der Waals surface area contributed by atoms with Crippen LogP contribution >= 0.6 is 11.6 Å². The lowest BCUT2D eigenvalue weighted by molar-refractivity contribution is 0.0526. The Hall–Kier alpha value is -0.570. The molecule has 20 heavy (non-hydrogen) atoms. The van der Waals surface area contributed by atoms with Crippen LogP contribution in [0.1, 0.15) is 38.8 Å². The van der Waals surface area contributed by atoms with Gasteiger partial charge in [0.15, 0.2) is 0 Å². The Morgan fingerprint density at radius 2 is 2.05 bits per heavy atom. The number of rotatable bonds is 2. The number of hydrogen-bond donors (Lipinski definition) is 1. The van der Waals surface area contributed by atoms with Crippen molar-refractivity contribution in [3.8, 4) is 0 Å². The quantitative estimate of drug-likeness (QED) is 0.891. The van der Waals surface area contributed by atoms with Crippen LogP contribution in [0.2, 0.25) is 5.02 Å². The lowest BCUT2D eigenvalue weighted by Crippen LogP contribution is -2.59. The molecule has 2 nitrogen and oxygen atoms in total. The molecule has 0 radical (unpaired) electrons. The van der Waals surface area contributed by atoms with Crippen LogP contribution in [-0.2, 0) is 6.54 Å². The highest BCUT2D eigenvalue weighted by Gasteiger charge is 2.34. The van der Waals surface area contributed by atoms with E-state index in [0.29, 0.717) is 12.1 Å². The fourth-order valence-electron chi connectivity index (χ4n) is 3.01. The van der Waals surface area contributed by atoms with Crippen LogP contribution in [0.5, 0.6) is 0 Å². The van der Waals surface area contributed by atoms with Crippen molar-refractivity contribution >= 4 is 11.6 Å². The molecule has 0 bridgehead atoms. The molecule has 3 heteroatoms.